The van der Waals surface area contributed by atoms with Crippen molar-refractivity contribution >= 4 is 0 Å². The molecule has 0 bridgehead atoms. The van der Waals surface area contributed by atoms with Gasteiger partial charge >= 0.3 is 0 Å². The van der Waals surface area contributed by atoms with Crippen LogP contribution in [-0.4, -0.2) is 19.3 Å². The van der Waals surface area contributed by atoms with Crippen LogP contribution in [0.25, 0.3) is 0 Å². The van der Waals surface area contributed by atoms with Crippen LogP contribution in [0.1, 0.15) is 17.2 Å². The van der Waals surface area contributed by atoms with Crippen LogP contribution in [0, 0.1) is 11.8 Å². The minimum atomic E-state index is -0.817. The first-order chi connectivity index (χ1) is 9.72. The lowest BCUT2D eigenvalue weighted by Gasteiger charge is -2.05. The van der Waals surface area contributed by atoms with Gasteiger partial charge in [-0.05, 0) is 42.0 Å². The average molecular weight is 268 g/mol. The Morgan fingerprint density at radius 2 is 1.35 bits per heavy atom. The van der Waals surface area contributed by atoms with Crippen molar-refractivity contribution in [3.8, 4) is 23.3 Å². The van der Waals surface area contributed by atoms with Crippen molar-refractivity contribution in [2.75, 3.05) is 14.2 Å². The van der Waals surface area contributed by atoms with E-state index in [9.17, 15) is 5.11 Å². The lowest BCUT2D eigenvalue weighted by molar-refractivity contribution is 0.238. The summed E-state index contributed by atoms with van der Waals surface area (Å²) < 4.78 is 10.1. The second-order valence-electron chi connectivity index (χ2n) is 4.17. The van der Waals surface area contributed by atoms with Crippen molar-refractivity contribution in [3.63, 3.8) is 0 Å². The molecular weight excluding hydrogens is 252 g/mol. The second-order valence-corrected chi connectivity index (χ2v) is 4.17. The van der Waals surface area contributed by atoms with Crippen LogP contribution in [0.5, 0.6) is 11.5 Å². The summed E-state index contributed by atoms with van der Waals surface area (Å²) in [6.07, 6.45) is -0.817. The zero-order valence-corrected chi connectivity index (χ0v) is 11.5. The third kappa shape index (κ3) is 3.53. The molecule has 0 radical (unpaired) electrons. The van der Waals surface area contributed by atoms with Crippen LogP contribution in [0.2, 0.25) is 0 Å². The summed E-state index contributed by atoms with van der Waals surface area (Å²) in [6.45, 7) is 0. The van der Waals surface area contributed by atoms with E-state index >= 15 is 0 Å². The summed E-state index contributed by atoms with van der Waals surface area (Å²) in [5.74, 6) is 7.29. The highest BCUT2D eigenvalue weighted by molar-refractivity contribution is 5.40. The van der Waals surface area contributed by atoms with E-state index in [2.05, 4.69) is 11.8 Å². The first-order valence-corrected chi connectivity index (χ1v) is 6.20. The van der Waals surface area contributed by atoms with Crippen molar-refractivity contribution in [1.29, 1.82) is 0 Å². The quantitative estimate of drug-likeness (QED) is 0.870. The monoisotopic (exact) mass is 268 g/mol. The van der Waals surface area contributed by atoms with Gasteiger partial charge in [0.1, 0.15) is 17.6 Å². The molecule has 0 aliphatic carbocycles. The molecule has 2 aromatic rings. The van der Waals surface area contributed by atoms with Gasteiger partial charge in [-0.2, -0.15) is 0 Å². The number of rotatable bonds is 3. The lowest BCUT2D eigenvalue weighted by Crippen LogP contribution is -1.94. The summed E-state index contributed by atoms with van der Waals surface area (Å²) in [5.41, 5.74) is 1.57. The van der Waals surface area contributed by atoms with Gasteiger partial charge < -0.3 is 14.6 Å². The summed E-state index contributed by atoms with van der Waals surface area (Å²) >= 11 is 0. The first-order valence-electron chi connectivity index (χ1n) is 6.20. The molecule has 1 N–H and O–H groups in total. The number of ether oxygens (including phenoxy) is 2. The number of methoxy groups -OCH3 is 2. The van der Waals surface area contributed by atoms with Crippen LogP contribution >= 0.6 is 0 Å². The fourth-order valence-corrected chi connectivity index (χ4v) is 1.70. The Morgan fingerprint density at radius 3 is 1.85 bits per heavy atom. The first kappa shape index (κ1) is 14.0. The van der Waals surface area contributed by atoms with Gasteiger partial charge in [0.15, 0.2) is 0 Å². The summed E-state index contributed by atoms with van der Waals surface area (Å²) in [7, 11) is 3.23. The zero-order chi connectivity index (χ0) is 14.4. The molecule has 0 aromatic heterocycles. The predicted molar refractivity (Wildman–Crippen MR) is 77.8 cm³/mol. The molecule has 0 saturated carbocycles. The average Bonchev–Trinajstić information content (AvgIpc) is 2.53. The standard InChI is InChI=1S/C17H16O3/c1-19-15-8-3-13(4-9-15)5-12-17(18)14-6-10-16(20-2)11-7-14/h3-4,6-11,17-18H,1-2H3. The Bertz CT molecular complexity index is 603. The summed E-state index contributed by atoms with van der Waals surface area (Å²) in [6, 6.07) is 14.6. The highest BCUT2D eigenvalue weighted by Crippen LogP contribution is 2.17. The highest BCUT2D eigenvalue weighted by atomic mass is 16.5. The molecule has 0 aliphatic heterocycles. The van der Waals surface area contributed by atoms with Crippen molar-refractivity contribution < 1.29 is 14.6 Å². The Hall–Kier alpha value is -2.44. The van der Waals surface area contributed by atoms with E-state index < -0.39 is 6.10 Å². The molecule has 0 fully saturated rings. The molecule has 20 heavy (non-hydrogen) atoms. The number of aliphatic hydroxyl groups excluding tert-OH is 1. The molecule has 102 valence electrons. The van der Waals surface area contributed by atoms with Gasteiger partial charge in [-0.3, -0.25) is 0 Å². The van der Waals surface area contributed by atoms with E-state index in [1.54, 1.807) is 38.5 Å². The Kier molecular flexibility index (Phi) is 4.65. The molecule has 2 aromatic carbocycles. The minimum absolute atomic E-state index is 0.742. The van der Waals surface area contributed by atoms with E-state index in [1.165, 1.54) is 0 Å². The van der Waals surface area contributed by atoms with Gasteiger partial charge in [-0.15, -0.1) is 0 Å². The zero-order valence-electron chi connectivity index (χ0n) is 11.5. The van der Waals surface area contributed by atoms with E-state index in [4.69, 9.17) is 9.47 Å². The fraction of sp³-hybridized carbons (Fsp3) is 0.176. The normalized spacial score (nSPS) is 11.2. The molecule has 0 amide bonds. The molecular formula is C17H16O3. The molecule has 0 saturated heterocycles. The summed E-state index contributed by atoms with van der Waals surface area (Å²) in [4.78, 5) is 0. The van der Waals surface area contributed by atoms with E-state index in [0.29, 0.717) is 0 Å². The van der Waals surface area contributed by atoms with E-state index in [-0.39, 0.29) is 0 Å². The highest BCUT2D eigenvalue weighted by Gasteiger charge is 2.03. The molecule has 1 atom stereocenters. The van der Waals surface area contributed by atoms with Gasteiger partial charge in [0, 0.05) is 5.56 Å². The van der Waals surface area contributed by atoms with Crippen LogP contribution < -0.4 is 9.47 Å². The fourth-order valence-electron chi connectivity index (χ4n) is 1.70. The van der Waals surface area contributed by atoms with Crippen LogP contribution in [0.15, 0.2) is 48.5 Å². The van der Waals surface area contributed by atoms with Crippen molar-refractivity contribution in [1.82, 2.24) is 0 Å². The lowest BCUT2D eigenvalue weighted by atomic mass is 10.1. The predicted octanol–water partition coefficient (Wildman–Crippen LogP) is 2.79. The number of hydrogen-bond acceptors (Lipinski definition) is 3. The number of benzene rings is 2. The smallest absolute Gasteiger partial charge is 0.140 e. The molecule has 3 nitrogen and oxygen atoms in total. The van der Waals surface area contributed by atoms with Crippen molar-refractivity contribution in [2.45, 2.75) is 6.10 Å². The van der Waals surface area contributed by atoms with Crippen LogP contribution in [0.3, 0.4) is 0 Å². The minimum Gasteiger partial charge on any atom is -0.497 e. The van der Waals surface area contributed by atoms with E-state index in [0.717, 1.165) is 22.6 Å². The van der Waals surface area contributed by atoms with Gasteiger partial charge in [0.05, 0.1) is 14.2 Å². The molecule has 2 rings (SSSR count). The maximum Gasteiger partial charge on any atom is 0.140 e. The van der Waals surface area contributed by atoms with Crippen LogP contribution in [0.4, 0.5) is 0 Å². The summed E-state index contributed by atoms with van der Waals surface area (Å²) in [5, 5.41) is 10.0. The molecule has 0 aliphatic rings. The van der Waals surface area contributed by atoms with Gasteiger partial charge in [-0.1, -0.05) is 24.0 Å². The third-order valence-electron chi connectivity index (χ3n) is 2.87. The Balaban J connectivity index is 2.09. The number of hydrogen-bond donors (Lipinski definition) is 1. The van der Waals surface area contributed by atoms with Gasteiger partial charge in [0.25, 0.3) is 0 Å². The Labute approximate surface area is 118 Å². The molecule has 1 unspecified atom stereocenters. The maximum absolute atomic E-state index is 10.0. The molecule has 0 heterocycles. The maximum atomic E-state index is 10.0. The van der Waals surface area contributed by atoms with Crippen molar-refractivity contribution in [2.24, 2.45) is 0 Å². The van der Waals surface area contributed by atoms with Crippen LogP contribution in [-0.2, 0) is 0 Å². The van der Waals surface area contributed by atoms with Crippen molar-refractivity contribution in [3.05, 3.63) is 59.7 Å². The Morgan fingerprint density at radius 1 is 0.850 bits per heavy atom. The number of aliphatic hydroxyl groups is 1. The van der Waals surface area contributed by atoms with Gasteiger partial charge in [0.2, 0.25) is 0 Å². The molecule has 3 heteroatoms. The largest absolute Gasteiger partial charge is 0.497 e. The second kappa shape index (κ2) is 6.65. The topological polar surface area (TPSA) is 38.7 Å². The third-order valence-corrected chi connectivity index (χ3v) is 2.87. The SMILES string of the molecule is COc1ccc(C#CC(O)c2ccc(OC)cc2)cc1. The van der Waals surface area contributed by atoms with E-state index in [1.807, 2.05) is 24.3 Å². The molecule has 0 spiro atoms. The van der Waals surface area contributed by atoms with Gasteiger partial charge in [-0.25, -0.2) is 0 Å².